The van der Waals surface area contributed by atoms with Gasteiger partial charge in [0.1, 0.15) is 11.9 Å². The van der Waals surface area contributed by atoms with Crippen molar-refractivity contribution in [1.29, 1.82) is 0 Å². The van der Waals surface area contributed by atoms with Crippen molar-refractivity contribution in [3.05, 3.63) is 70.5 Å². The minimum atomic E-state index is -0.193. The molecule has 7 heteroatoms. The van der Waals surface area contributed by atoms with Crippen molar-refractivity contribution in [2.24, 2.45) is 10.7 Å². The number of nitrogens with one attached hydrogen (secondary N) is 1. The van der Waals surface area contributed by atoms with E-state index in [1.165, 1.54) is 17.3 Å². The molecule has 3 aliphatic rings. The van der Waals surface area contributed by atoms with Gasteiger partial charge < -0.3 is 20.9 Å². The highest BCUT2D eigenvalue weighted by Crippen LogP contribution is 2.41. The predicted octanol–water partition coefficient (Wildman–Crippen LogP) is 3.32. The highest BCUT2D eigenvalue weighted by molar-refractivity contribution is 5.92. The molecule has 1 saturated heterocycles. The van der Waals surface area contributed by atoms with Crippen molar-refractivity contribution in [1.82, 2.24) is 10.2 Å². The molecule has 2 aromatic carbocycles. The topological polar surface area (TPSA) is 56.9 Å². The van der Waals surface area contributed by atoms with Gasteiger partial charge in [-0.3, -0.25) is 0 Å². The maximum Gasteiger partial charge on any atom is 0.194 e. The van der Waals surface area contributed by atoms with Gasteiger partial charge in [-0.15, -0.1) is 12.4 Å². The van der Waals surface area contributed by atoms with Gasteiger partial charge in [0.15, 0.2) is 5.96 Å². The van der Waals surface area contributed by atoms with Crippen LogP contribution in [-0.4, -0.2) is 44.1 Å². The third kappa shape index (κ3) is 3.77. The first-order valence-corrected chi connectivity index (χ1v) is 10.2. The van der Waals surface area contributed by atoms with E-state index in [0.29, 0.717) is 5.96 Å². The summed E-state index contributed by atoms with van der Waals surface area (Å²) in [6, 6.07) is 13.6. The average Bonchev–Trinajstić information content (AvgIpc) is 2.73. The zero-order valence-electron chi connectivity index (χ0n) is 17.1. The molecule has 2 aromatic rings. The van der Waals surface area contributed by atoms with E-state index >= 15 is 0 Å². The molecule has 1 fully saturated rings. The molecular weight excluding hydrogens is 401 g/mol. The van der Waals surface area contributed by atoms with E-state index in [4.69, 9.17) is 10.7 Å². The number of piperazine rings is 1. The maximum absolute atomic E-state index is 13.7. The molecule has 0 spiro atoms. The molecule has 0 saturated carbocycles. The molecule has 30 heavy (non-hydrogen) atoms. The number of aliphatic imine (C=N–C) groups is 1. The minimum Gasteiger partial charge on any atom is -0.370 e. The molecule has 5 nitrogen and oxygen atoms in total. The summed E-state index contributed by atoms with van der Waals surface area (Å²) in [5.74, 6) is 0.218. The number of hydrogen-bond acceptors (Lipinski definition) is 5. The van der Waals surface area contributed by atoms with Crippen LogP contribution in [0.2, 0.25) is 0 Å². The number of nitrogens with two attached hydrogens (primary N) is 1. The number of guanidine groups is 1. The van der Waals surface area contributed by atoms with Crippen LogP contribution in [0.3, 0.4) is 0 Å². The number of likely N-dealkylation sites (N-methyl/N-ethyl adjacent to an activating group) is 1. The Balaban J connectivity index is 0.00000218. The zero-order valence-corrected chi connectivity index (χ0v) is 17.9. The second-order valence-electron chi connectivity index (χ2n) is 8.13. The van der Waals surface area contributed by atoms with Gasteiger partial charge in [-0.25, -0.2) is 9.38 Å². The fourth-order valence-electron chi connectivity index (χ4n) is 4.59. The van der Waals surface area contributed by atoms with Crippen molar-refractivity contribution in [3.8, 4) is 0 Å². The second kappa shape index (κ2) is 8.28. The molecule has 1 atom stereocenters. The normalized spacial score (nSPS) is 21.2. The van der Waals surface area contributed by atoms with Crippen LogP contribution in [0.1, 0.15) is 29.2 Å². The zero-order chi connectivity index (χ0) is 20.0. The molecule has 158 valence electrons. The molecule has 1 unspecified atom stereocenters. The lowest BCUT2D eigenvalue weighted by molar-refractivity contribution is 0.313. The van der Waals surface area contributed by atoms with E-state index in [1.54, 1.807) is 6.07 Å². The van der Waals surface area contributed by atoms with Gasteiger partial charge in [0.2, 0.25) is 0 Å². The fourth-order valence-corrected chi connectivity index (χ4v) is 4.59. The standard InChI is InChI=1S/C23H26FN5.ClH/c1-28-10-12-29(13-11-28)18-6-2-15(3-7-18)21-20-8-4-16-14-17(24)5-9-19(16)22(20)27-23(25)26-21;/h2-3,5-7,9,14,21H,4,8,10-13H2,1H3,(H3,25,26,27);1H. The van der Waals surface area contributed by atoms with E-state index in [0.717, 1.165) is 61.4 Å². The first kappa shape index (κ1) is 20.7. The summed E-state index contributed by atoms with van der Waals surface area (Å²) < 4.78 is 13.7. The second-order valence-corrected chi connectivity index (χ2v) is 8.13. The van der Waals surface area contributed by atoms with E-state index < -0.39 is 0 Å². The molecule has 3 N–H and O–H groups in total. The van der Waals surface area contributed by atoms with Gasteiger partial charge in [-0.05, 0) is 66.9 Å². The van der Waals surface area contributed by atoms with Crippen molar-refractivity contribution >= 4 is 29.8 Å². The largest absolute Gasteiger partial charge is 0.370 e. The van der Waals surface area contributed by atoms with Crippen LogP contribution in [0.15, 0.2) is 53.0 Å². The van der Waals surface area contributed by atoms with Crippen LogP contribution in [0.4, 0.5) is 10.1 Å². The van der Waals surface area contributed by atoms with Crippen LogP contribution in [-0.2, 0) is 6.42 Å². The summed E-state index contributed by atoms with van der Waals surface area (Å²) in [6.45, 7) is 4.29. The third-order valence-corrected chi connectivity index (χ3v) is 6.25. The maximum atomic E-state index is 13.7. The van der Waals surface area contributed by atoms with Crippen molar-refractivity contribution in [2.45, 2.75) is 18.9 Å². The van der Waals surface area contributed by atoms with Gasteiger partial charge in [0.25, 0.3) is 0 Å². The molecule has 2 aliphatic heterocycles. The lowest BCUT2D eigenvalue weighted by atomic mass is 9.83. The summed E-state index contributed by atoms with van der Waals surface area (Å²) in [4.78, 5) is 9.50. The Morgan fingerprint density at radius 1 is 1.03 bits per heavy atom. The fraction of sp³-hybridized carbons (Fsp3) is 0.348. The van der Waals surface area contributed by atoms with E-state index in [9.17, 15) is 4.39 Å². The van der Waals surface area contributed by atoms with Crippen molar-refractivity contribution < 1.29 is 4.39 Å². The SMILES string of the molecule is CN1CCN(c2ccc(C3N=C(N)NC4=C3CCc3cc(F)ccc34)cc2)CC1.Cl. The Bertz CT molecular complexity index is 993. The Kier molecular flexibility index (Phi) is 5.71. The number of rotatable bonds is 2. The monoisotopic (exact) mass is 427 g/mol. The van der Waals surface area contributed by atoms with E-state index in [1.807, 2.05) is 6.07 Å². The van der Waals surface area contributed by atoms with Gasteiger partial charge in [0, 0.05) is 37.4 Å². The summed E-state index contributed by atoms with van der Waals surface area (Å²) in [7, 11) is 2.17. The first-order valence-electron chi connectivity index (χ1n) is 10.2. The number of fused-ring (bicyclic) bond motifs is 2. The van der Waals surface area contributed by atoms with Crippen LogP contribution in [0.25, 0.3) is 5.70 Å². The molecule has 2 heterocycles. The first-order chi connectivity index (χ1) is 14.1. The van der Waals surface area contributed by atoms with E-state index in [-0.39, 0.29) is 24.3 Å². The third-order valence-electron chi connectivity index (χ3n) is 6.25. The Labute approximate surface area is 182 Å². The van der Waals surface area contributed by atoms with E-state index in [2.05, 4.69) is 46.4 Å². The van der Waals surface area contributed by atoms with Crippen LogP contribution in [0, 0.1) is 5.82 Å². The number of benzene rings is 2. The van der Waals surface area contributed by atoms with Crippen LogP contribution in [0.5, 0.6) is 0 Å². The van der Waals surface area contributed by atoms with Crippen LogP contribution >= 0.6 is 12.4 Å². The van der Waals surface area contributed by atoms with Crippen molar-refractivity contribution in [2.75, 3.05) is 38.1 Å². The highest BCUT2D eigenvalue weighted by atomic mass is 35.5. The molecule has 0 amide bonds. The molecular formula is C23H27ClFN5. The van der Waals surface area contributed by atoms with Crippen LogP contribution < -0.4 is 16.0 Å². The smallest absolute Gasteiger partial charge is 0.194 e. The van der Waals surface area contributed by atoms with Crippen molar-refractivity contribution in [3.63, 3.8) is 0 Å². The quantitative estimate of drug-likeness (QED) is 0.772. The number of anilines is 1. The highest BCUT2D eigenvalue weighted by Gasteiger charge is 2.30. The number of hydrogen-bond donors (Lipinski definition) is 2. The lowest BCUT2D eigenvalue weighted by Gasteiger charge is -2.34. The molecule has 0 bridgehead atoms. The lowest BCUT2D eigenvalue weighted by Crippen LogP contribution is -2.44. The number of nitrogens with zero attached hydrogens (tertiary/aromatic N) is 3. The Morgan fingerprint density at radius 2 is 1.77 bits per heavy atom. The van der Waals surface area contributed by atoms with Gasteiger partial charge in [-0.1, -0.05) is 12.1 Å². The molecule has 5 rings (SSSR count). The van der Waals surface area contributed by atoms with Gasteiger partial charge in [-0.2, -0.15) is 0 Å². The molecule has 0 aromatic heterocycles. The summed E-state index contributed by atoms with van der Waals surface area (Å²) >= 11 is 0. The predicted molar refractivity (Wildman–Crippen MR) is 123 cm³/mol. The average molecular weight is 428 g/mol. The summed E-state index contributed by atoms with van der Waals surface area (Å²) in [6.07, 6.45) is 1.67. The summed E-state index contributed by atoms with van der Waals surface area (Å²) in [5, 5.41) is 3.23. The van der Waals surface area contributed by atoms with Gasteiger partial charge in [0.05, 0.1) is 5.70 Å². The molecule has 0 radical (unpaired) electrons. The minimum absolute atomic E-state index is 0. The Hall–Kier alpha value is -2.57. The number of halogens is 2. The summed E-state index contributed by atoms with van der Waals surface area (Å²) in [5.41, 5.74) is 12.8. The number of aryl methyl sites for hydroxylation is 1. The Morgan fingerprint density at radius 3 is 2.50 bits per heavy atom. The molecule has 1 aliphatic carbocycles. The van der Waals surface area contributed by atoms with Gasteiger partial charge >= 0.3 is 0 Å².